The lowest BCUT2D eigenvalue weighted by Crippen LogP contribution is -2.58. The van der Waals surface area contributed by atoms with E-state index in [9.17, 15) is 28.8 Å². The van der Waals surface area contributed by atoms with Crippen molar-refractivity contribution >= 4 is 36.0 Å². The Hall–Kier alpha value is -3.44. The summed E-state index contributed by atoms with van der Waals surface area (Å²) in [5.74, 6) is -0.925. The molecular formula is C38H69N5O7. The van der Waals surface area contributed by atoms with Crippen LogP contribution < -0.4 is 21.3 Å². The molecule has 5 amide bonds. The van der Waals surface area contributed by atoms with Crippen molar-refractivity contribution in [3.63, 3.8) is 0 Å². The molecule has 2 aliphatic rings. The summed E-state index contributed by atoms with van der Waals surface area (Å²) in [7, 11) is 0. The number of carbonyl (C=O) groups is 6. The first kappa shape index (κ1) is 46.6. The van der Waals surface area contributed by atoms with Gasteiger partial charge in [0.15, 0.2) is 0 Å². The fraction of sp³-hybridized carbons (Fsp3) is 0.789. The van der Waals surface area contributed by atoms with E-state index < -0.39 is 52.8 Å². The van der Waals surface area contributed by atoms with Crippen LogP contribution in [0.25, 0.3) is 0 Å². The third-order valence-corrected chi connectivity index (χ3v) is 8.62. The lowest BCUT2D eigenvalue weighted by Gasteiger charge is -2.35. The maximum atomic E-state index is 13.3. The zero-order valence-electron chi connectivity index (χ0n) is 32.9. The fourth-order valence-corrected chi connectivity index (χ4v) is 5.63. The Kier molecular flexibility index (Phi) is 21.5. The third kappa shape index (κ3) is 18.5. The highest BCUT2D eigenvalue weighted by Crippen LogP contribution is 2.31. The van der Waals surface area contributed by atoms with Crippen LogP contribution in [0.4, 0.5) is 4.79 Å². The minimum Gasteiger partial charge on any atom is -0.458 e. The van der Waals surface area contributed by atoms with Crippen molar-refractivity contribution in [2.75, 3.05) is 13.1 Å². The van der Waals surface area contributed by atoms with Gasteiger partial charge >= 0.3 is 12.0 Å². The number of hydrogen-bond acceptors (Lipinski definition) is 7. The second kappa shape index (κ2) is 23.1. The van der Waals surface area contributed by atoms with Crippen molar-refractivity contribution in [1.82, 2.24) is 26.2 Å². The quantitative estimate of drug-likeness (QED) is 0.0858. The maximum absolute atomic E-state index is 13.3. The summed E-state index contributed by atoms with van der Waals surface area (Å²) in [5, 5.41) is 10.1. The van der Waals surface area contributed by atoms with Gasteiger partial charge < -0.3 is 30.9 Å². The summed E-state index contributed by atoms with van der Waals surface area (Å²) < 4.78 is 5.29. The molecule has 1 saturated carbocycles. The summed E-state index contributed by atoms with van der Waals surface area (Å²) in [6.07, 6.45) is 13.1. The Balaban J connectivity index is 0.000000939. The van der Waals surface area contributed by atoms with E-state index in [1.54, 1.807) is 27.7 Å². The van der Waals surface area contributed by atoms with E-state index in [-0.39, 0.29) is 18.5 Å². The normalized spacial score (nSPS) is 19.2. The van der Waals surface area contributed by atoms with E-state index in [0.717, 1.165) is 6.42 Å². The van der Waals surface area contributed by atoms with Gasteiger partial charge in [-0.15, -0.1) is 6.58 Å². The van der Waals surface area contributed by atoms with Gasteiger partial charge in [0.25, 0.3) is 5.91 Å². The van der Waals surface area contributed by atoms with E-state index in [1.165, 1.54) is 44.6 Å². The number of esters is 1. The van der Waals surface area contributed by atoms with Crippen LogP contribution in [0.5, 0.6) is 0 Å². The zero-order valence-corrected chi connectivity index (χ0v) is 32.9. The van der Waals surface area contributed by atoms with E-state index in [2.05, 4.69) is 48.6 Å². The molecule has 0 aromatic heterocycles. The molecule has 0 bridgehead atoms. The van der Waals surface area contributed by atoms with Gasteiger partial charge in [-0.05, 0) is 64.7 Å². The van der Waals surface area contributed by atoms with Crippen LogP contribution in [0.1, 0.15) is 134 Å². The molecule has 0 radical (unpaired) electrons. The minimum absolute atomic E-state index is 0.0757. The first-order valence-electron chi connectivity index (χ1n) is 18.4. The Morgan fingerprint density at radius 3 is 1.86 bits per heavy atom. The van der Waals surface area contributed by atoms with Gasteiger partial charge in [0.05, 0.1) is 6.04 Å². The molecule has 2 rings (SSSR count). The summed E-state index contributed by atoms with van der Waals surface area (Å²) in [5.41, 5.74) is -1.11. The van der Waals surface area contributed by atoms with Gasteiger partial charge in [-0.1, -0.05) is 92.6 Å². The molecule has 2 fully saturated rings. The Morgan fingerprint density at radius 2 is 1.46 bits per heavy atom. The van der Waals surface area contributed by atoms with Crippen LogP contribution in [0, 0.1) is 17.3 Å². The third-order valence-electron chi connectivity index (χ3n) is 8.62. The average Bonchev–Trinajstić information content (AvgIpc) is 3.43. The van der Waals surface area contributed by atoms with Crippen LogP contribution >= 0.6 is 0 Å². The fourth-order valence-electron chi connectivity index (χ4n) is 5.63. The highest BCUT2D eigenvalue weighted by Gasteiger charge is 2.41. The molecule has 4 N–H and O–H groups in total. The number of ether oxygens (including phenoxy) is 1. The number of likely N-dealkylation sites (tertiary alicyclic amines) is 1. The number of urea groups is 1. The van der Waals surface area contributed by atoms with E-state index in [0.29, 0.717) is 37.6 Å². The maximum Gasteiger partial charge on any atom is 0.328 e. The number of nitrogens with zero attached hydrogens (tertiary/aromatic N) is 1. The predicted octanol–water partition coefficient (Wildman–Crippen LogP) is 5.44. The van der Waals surface area contributed by atoms with Crippen molar-refractivity contribution in [3.05, 3.63) is 12.7 Å². The molecule has 4 unspecified atom stereocenters. The highest BCUT2D eigenvalue weighted by molar-refractivity contribution is 6.38. The van der Waals surface area contributed by atoms with Crippen LogP contribution in [-0.2, 0) is 28.7 Å². The topological polar surface area (TPSA) is 163 Å². The number of nitrogens with one attached hydrogen (secondary N) is 4. The second-order valence-electron chi connectivity index (χ2n) is 15.9. The van der Waals surface area contributed by atoms with Gasteiger partial charge in [-0.3, -0.25) is 19.2 Å². The summed E-state index contributed by atoms with van der Waals surface area (Å²) in [6.45, 7) is 25.3. The molecule has 0 spiro atoms. The number of ketones is 1. The zero-order chi connectivity index (χ0) is 38.7. The first-order chi connectivity index (χ1) is 23.2. The Morgan fingerprint density at radius 1 is 0.920 bits per heavy atom. The molecule has 50 heavy (non-hydrogen) atoms. The lowest BCUT2D eigenvalue weighted by atomic mass is 9.85. The lowest BCUT2D eigenvalue weighted by molar-refractivity contribution is -0.156. The second-order valence-corrected chi connectivity index (χ2v) is 15.9. The monoisotopic (exact) mass is 708 g/mol. The average molecular weight is 708 g/mol. The van der Waals surface area contributed by atoms with Crippen molar-refractivity contribution in [2.45, 2.75) is 164 Å². The number of Topliss-reactive ketones (excluding diaryl/α,β-unsaturated/α-hetero) is 1. The smallest absolute Gasteiger partial charge is 0.328 e. The number of rotatable bonds is 13. The molecule has 0 aromatic rings. The van der Waals surface area contributed by atoms with E-state index >= 15 is 0 Å². The molecule has 5 atom stereocenters. The van der Waals surface area contributed by atoms with Crippen molar-refractivity contribution in [1.29, 1.82) is 0 Å². The Bertz CT molecular complexity index is 1080. The van der Waals surface area contributed by atoms with Crippen LogP contribution in [0.15, 0.2) is 12.7 Å². The molecule has 1 saturated heterocycles. The first-order valence-corrected chi connectivity index (χ1v) is 18.4. The van der Waals surface area contributed by atoms with E-state index in [1.807, 2.05) is 32.6 Å². The number of hydrogen-bond donors (Lipinski definition) is 4. The highest BCUT2D eigenvalue weighted by atomic mass is 16.6. The van der Waals surface area contributed by atoms with Crippen LogP contribution in [-0.4, -0.2) is 83.8 Å². The van der Waals surface area contributed by atoms with Gasteiger partial charge in [-0.25, -0.2) is 9.59 Å². The minimum atomic E-state index is -0.819. The largest absolute Gasteiger partial charge is 0.458 e. The number of carbonyl (C=O) groups excluding carboxylic acids is 6. The Labute approximate surface area is 302 Å². The SMILES string of the molecule is C1CCCCC1.C=CCNC(=O)C(=O)C(CCC)NC=O.CC(NC(=O)NC(C(=O)N1CC(C(C)C)C[C@H]1C)C(C)(C)C)C(=O)OC(C)(C)C. The summed E-state index contributed by atoms with van der Waals surface area (Å²) >= 11 is 0. The van der Waals surface area contributed by atoms with Gasteiger partial charge in [-0.2, -0.15) is 0 Å². The van der Waals surface area contributed by atoms with Crippen molar-refractivity contribution in [3.8, 4) is 0 Å². The number of amides is 5. The molecule has 288 valence electrons. The van der Waals surface area contributed by atoms with Crippen molar-refractivity contribution in [2.24, 2.45) is 17.3 Å². The molecule has 1 aliphatic heterocycles. The molecule has 12 heteroatoms. The van der Waals surface area contributed by atoms with E-state index in [4.69, 9.17) is 4.74 Å². The van der Waals surface area contributed by atoms with Gasteiger partial charge in [0.2, 0.25) is 18.1 Å². The standard InChI is InChI=1S/C22H41N3O4.C10H16N2O3.C6H12/c1-13(2)16-11-14(3)25(12-16)18(26)17(21(5,6)7)24-20(28)23-15(4)19(27)29-22(8,9)10;1-3-5-8(12-7-13)9(14)10(15)11-6-4-2;1-2-4-6-5-3-1/h13-17H,11-12H2,1-10H3,(H2,23,24,28);4,7-8H,2-3,5-6H2,1H3,(H,11,15)(H,12,13);1-6H2/t14-,15?,16?,17?;;/m1../s1. The van der Waals surface area contributed by atoms with Crippen LogP contribution in [0.2, 0.25) is 0 Å². The summed E-state index contributed by atoms with van der Waals surface area (Å²) in [4.78, 5) is 72.8. The van der Waals surface area contributed by atoms with Gasteiger partial charge in [0, 0.05) is 19.1 Å². The molecule has 12 nitrogen and oxygen atoms in total. The summed E-state index contributed by atoms with van der Waals surface area (Å²) in [6, 6.07) is -2.64. The molecule has 1 aliphatic carbocycles. The van der Waals surface area contributed by atoms with Crippen LogP contribution in [0.3, 0.4) is 0 Å². The van der Waals surface area contributed by atoms with Gasteiger partial charge in [0.1, 0.15) is 17.7 Å². The predicted molar refractivity (Wildman–Crippen MR) is 198 cm³/mol. The molecule has 0 aromatic carbocycles. The molecule has 1 heterocycles. The molecular weight excluding hydrogens is 638 g/mol. The van der Waals surface area contributed by atoms with Crippen molar-refractivity contribution < 1.29 is 33.5 Å².